The Morgan fingerprint density at radius 1 is 0.950 bits per heavy atom. The summed E-state index contributed by atoms with van der Waals surface area (Å²) in [5, 5.41) is 0.608. The first-order valence-corrected chi connectivity index (χ1v) is 13.7. The van der Waals surface area contributed by atoms with Gasteiger partial charge >= 0.3 is 6.09 Å². The number of anilines is 2. The molecule has 0 aliphatic carbocycles. The van der Waals surface area contributed by atoms with Gasteiger partial charge in [-0.25, -0.2) is 13.6 Å². The second-order valence-corrected chi connectivity index (χ2v) is 11.7. The predicted molar refractivity (Wildman–Crippen MR) is 154 cm³/mol. The maximum absolute atomic E-state index is 15.1. The van der Waals surface area contributed by atoms with Gasteiger partial charge in [-0.15, -0.1) is 0 Å². The van der Waals surface area contributed by atoms with E-state index in [1.165, 1.54) is 17.0 Å². The molecule has 0 atom stereocenters. The molecule has 0 fully saturated rings. The largest absolute Gasteiger partial charge is 0.444 e. The zero-order chi connectivity index (χ0) is 28.8. The third kappa shape index (κ3) is 5.58. The summed E-state index contributed by atoms with van der Waals surface area (Å²) in [7, 11) is 0. The Kier molecular flexibility index (Phi) is 7.64. The van der Waals surface area contributed by atoms with Gasteiger partial charge in [-0.2, -0.15) is 0 Å². The van der Waals surface area contributed by atoms with Crippen molar-refractivity contribution in [1.29, 1.82) is 0 Å². The third-order valence-electron chi connectivity index (χ3n) is 6.92. The maximum atomic E-state index is 15.1. The molecule has 5 rings (SSSR count). The molecule has 2 aliphatic rings. The average molecular weight is 585 g/mol. The monoisotopic (exact) mass is 584 g/mol. The van der Waals surface area contributed by atoms with E-state index >= 15 is 4.39 Å². The van der Waals surface area contributed by atoms with Crippen LogP contribution in [-0.4, -0.2) is 35.6 Å². The van der Waals surface area contributed by atoms with E-state index in [9.17, 15) is 14.0 Å². The van der Waals surface area contributed by atoms with Crippen LogP contribution in [0.2, 0.25) is 10.0 Å². The molecule has 0 unspecified atom stereocenters. The molecule has 0 N–H and O–H groups in total. The number of amides is 2. The molecule has 2 amide bonds. The van der Waals surface area contributed by atoms with Crippen LogP contribution in [-0.2, 0) is 16.0 Å². The van der Waals surface area contributed by atoms with Gasteiger partial charge in [-0.3, -0.25) is 9.69 Å². The van der Waals surface area contributed by atoms with Crippen LogP contribution in [0.1, 0.15) is 44.7 Å². The number of ether oxygens (including phenoxy) is 1. The second kappa shape index (κ2) is 10.9. The molecule has 3 aromatic carbocycles. The number of hydrogen-bond acceptors (Lipinski definition) is 3. The van der Waals surface area contributed by atoms with Gasteiger partial charge in [0.25, 0.3) is 0 Å². The Labute approximate surface area is 241 Å². The zero-order valence-electron chi connectivity index (χ0n) is 22.4. The Morgan fingerprint density at radius 2 is 1.68 bits per heavy atom. The Hall–Kier alpha value is -3.42. The van der Waals surface area contributed by atoms with E-state index in [2.05, 4.69) is 0 Å². The van der Waals surface area contributed by atoms with Crippen LogP contribution in [0, 0.1) is 11.6 Å². The van der Waals surface area contributed by atoms with Gasteiger partial charge in [0.2, 0.25) is 5.91 Å². The fourth-order valence-electron chi connectivity index (χ4n) is 5.10. The van der Waals surface area contributed by atoms with Crippen LogP contribution in [0.3, 0.4) is 0 Å². The topological polar surface area (TPSA) is 49.9 Å². The highest BCUT2D eigenvalue weighted by atomic mass is 35.5. The van der Waals surface area contributed by atoms with Crippen molar-refractivity contribution in [2.45, 2.75) is 45.6 Å². The van der Waals surface area contributed by atoms with E-state index in [4.69, 9.17) is 27.9 Å². The first-order chi connectivity index (χ1) is 18.9. The van der Waals surface area contributed by atoms with Gasteiger partial charge in [0, 0.05) is 31.1 Å². The van der Waals surface area contributed by atoms with Crippen molar-refractivity contribution in [3.63, 3.8) is 0 Å². The highest BCUT2D eigenvalue weighted by molar-refractivity contribution is 6.40. The Morgan fingerprint density at radius 3 is 2.30 bits per heavy atom. The summed E-state index contributed by atoms with van der Waals surface area (Å²) < 4.78 is 34.5. The van der Waals surface area contributed by atoms with Crippen molar-refractivity contribution in [3.05, 3.63) is 87.4 Å². The lowest BCUT2D eigenvalue weighted by Crippen LogP contribution is -2.39. The lowest BCUT2D eigenvalue weighted by Gasteiger charge is -2.34. The van der Waals surface area contributed by atoms with Gasteiger partial charge in [0.1, 0.15) is 17.2 Å². The van der Waals surface area contributed by atoms with E-state index < -0.39 is 23.3 Å². The maximum Gasteiger partial charge on any atom is 0.410 e. The van der Waals surface area contributed by atoms with Crippen molar-refractivity contribution in [2.24, 2.45) is 0 Å². The summed E-state index contributed by atoms with van der Waals surface area (Å²) in [5.74, 6) is -1.57. The predicted octanol–water partition coefficient (Wildman–Crippen LogP) is 8.57. The van der Waals surface area contributed by atoms with Crippen molar-refractivity contribution < 1.29 is 23.1 Å². The number of hydrogen-bond donors (Lipinski definition) is 0. The van der Waals surface area contributed by atoms with E-state index in [1.807, 2.05) is 39.0 Å². The number of benzene rings is 3. The second-order valence-electron chi connectivity index (χ2n) is 10.9. The van der Waals surface area contributed by atoms with Gasteiger partial charge < -0.3 is 9.64 Å². The third-order valence-corrected chi connectivity index (χ3v) is 7.53. The van der Waals surface area contributed by atoms with Gasteiger partial charge in [-0.05, 0) is 92.3 Å². The Balaban J connectivity index is 1.65. The molecule has 9 heteroatoms. The fourth-order valence-corrected chi connectivity index (χ4v) is 5.67. The number of para-hydroxylation sites is 1. The molecule has 0 spiro atoms. The SMILES string of the molecule is CC(C)(C)OC(=O)N1CC=C(c2cc(-c3ccc(F)cc3F)c3c(c2)N(c2c(Cl)cccc2Cl)C(=O)CC3)CC1. The van der Waals surface area contributed by atoms with Crippen LogP contribution >= 0.6 is 23.2 Å². The quantitative estimate of drug-likeness (QED) is 0.310. The summed E-state index contributed by atoms with van der Waals surface area (Å²) in [6.07, 6.45) is 2.58. The summed E-state index contributed by atoms with van der Waals surface area (Å²) >= 11 is 13.1. The molecule has 5 nitrogen and oxygen atoms in total. The number of carbonyl (C=O) groups excluding carboxylic acids is 2. The van der Waals surface area contributed by atoms with Crippen LogP contribution in [0.4, 0.5) is 25.0 Å². The Bertz CT molecular complexity index is 1530. The van der Waals surface area contributed by atoms with Gasteiger partial charge in [-0.1, -0.05) is 35.3 Å². The van der Waals surface area contributed by atoms with Gasteiger partial charge in [0.15, 0.2) is 0 Å². The molecule has 40 heavy (non-hydrogen) atoms. The number of halogens is 4. The summed E-state index contributed by atoms with van der Waals surface area (Å²) in [6.45, 7) is 6.21. The number of rotatable bonds is 3. The molecule has 0 radical (unpaired) electrons. The molecule has 3 aromatic rings. The molecular formula is C31H28Cl2F2N2O3. The smallest absolute Gasteiger partial charge is 0.410 e. The van der Waals surface area contributed by atoms with Crippen molar-refractivity contribution >= 4 is 52.2 Å². The van der Waals surface area contributed by atoms with Crippen molar-refractivity contribution in [1.82, 2.24) is 4.90 Å². The first-order valence-electron chi connectivity index (χ1n) is 13.0. The van der Waals surface area contributed by atoms with E-state index in [-0.39, 0.29) is 17.9 Å². The number of carbonyl (C=O) groups is 2. The van der Waals surface area contributed by atoms with Crippen LogP contribution < -0.4 is 4.90 Å². The molecule has 0 saturated carbocycles. The summed E-state index contributed by atoms with van der Waals surface area (Å²) in [5.41, 5.74) is 3.48. The normalized spacial score (nSPS) is 15.6. The minimum absolute atomic E-state index is 0.164. The van der Waals surface area contributed by atoms with Crippen LogP contribution in [0.25, 0.3) is 16.7 Å². The lowest BCUT2D eigenvalue weighted by atomic mass is 9.86. The molecule has 0 bridgehead atoms. The summed E-state index contributed by atoms with van der Waals surface area (Å²) in [4.78, 5) is 29.1. The van der Waals surface area contributed by atoms with Crippen LogP contribution in [0.15, 0.2) is 54.6 Å². The molecular weight excluding hydrogens is 557 g/mol. The average Bonchev–Trinajstić information content (AvgIpc) is 2.88. The highest BCUT2D eigenvalue weighted by Gasteiger charge is 2.32. The molecule has 0 aromatic heterocycles. The van der Waals surface area contributed by atoms with E-state index in [0.717, 1.165) is 22.8 Å². The zero-order valence-corrected chi connectivity index (χ0v) is 23.9. The minimum atomic E-state index is -0.702. The molecule has 208 valence electrons. The molecule has 2 heterocycles. The standard InChI is InChI=1S/C31H28Cl2F2N2O3/c1-31(2,3)40-30(39)36-13-11-18(12-14-36)19-15-23(21-8-7-20(34)17-26(21)35)22-9-10-28(38)37(27(22)16-19)29-24(32)5-4-6-25(29)33/h4-8,11,15-17H,9-10,12-14H2,1-3H3. The van der Waals surface area contributed by atoms with E-state index in [0.29, 0.717) is 52.9 Å². The summed E-state index contributed by atoms with van der Waals surface area (Å²) in [6, 6.07) is 12.2. The van der Waals surface area contributed by atoms with E-state index in [1.54, 1.807) is 23.1 Å². The van der Waals surface area contributed by atoms with Gasteiger partial charge in [0.05, 0.1) is 21.4 Å². The molecule has 2 aliphatic heterocycles. The van der Waals surface area contributed by atoms with Crippen molar-refractivity contribution in [2.75, 3.05) is 18.0 Å². The lowest BCUT2D eigenvalue weighted by molar-refractivity contribution is -0.118. The van der Waals surface area contributed by atoms with Crippen molar-refractivity contribution in [3.8, 4) is 11.1 Å². The number of nitrogens with zero attached hydrogens (tertiary/aromatic N) is 2. The fraction of sp³-hybridized carbons (Fsp3) is 0.290. The van der Waals surface area contributed by atoms with Crippen LogP contribution in [0.5, 0.6) is 0 Å². The first kappa shape index (κ1) is 28.1. The number of fused-ring (bicyclic) bond motifs is 1. The molecule has 0 saturated heterocycles. The highest BCUT2D eigenvalue weighted by Crippen LogP contribution is 2.46. The minimum Gasteiger partial charge on any atom is -0.444 e.